The van der Waals surface area contributed by atoms with E-state index in [1.165, 1.54) is 19.3 Å². The van der Waals surface area contributed by atoms with Crippen molar-refractivity contribution >= 4 is 22.6 Å². The van der Waals surface area contributed by atoms with Gasteiger partial charge in [-0.25, -0.2) is 4.98 Å². The van der Waals surface area contributed by atoms with E-state index in [1.807, 2.05) is 43.3 Å². The van der Waals surface area contributed by atoms with Crippen LogP contribution in [-0.4, -0.2) is 40.1 Å². The molecule has 4 rings (SSSR count). The number of imidazole rings is 1. The molecule has 2 heterocycles. The number of benzene rings is 2. The number of hydrogen-bond donors (Lipinski definition) is 1. The Kier molecular flexibility index (Phi) is 6.87. The minimum absolute atomic E-state index is 0.0222. The maximum Gasteiger partial charge on any atom is 0.262 e. The monoisotopic (exact) mass is 420 g/mol. The van der Waals surface area contributed by atoms with E-state index in [0.29, 0.717) is 5.75 Å². The number of aromatic nitrogens is 2. The predicted molar refractivity (Wildman–Crippen MR) is 124 cm³/mol. The Hall–Kier alpha value is -2.86. The Labute approximate surface area is 184 Å². The lowest BCUT2D eigenvalue weighted by Gasteiger charge is -2.26. The molecule has 0 bridgehead atoms. The molecule has 1 saturated heterocycles. The molecular weight excluding hydrogens is 388 g/mol. The molecule has 1 aromatic heterocycles. The topological polar surface area (TPSA) is 59.4 Å². The number of anilines is 1. The van der Waals surface area contributed by atoms with E-state index in [0.717, 1.165) is 60.7 Å². The fraction of sp³-hybridized carbons (Fsp3) is 0.440. The molecule has 0 radical (unpaired) electrons. The first-order chi connectivity index (χ1) is 15.1. The van der Waals surface area contributed by atoms with E-state index < -0.39 is 0 Å². The normalized spacial score (nSPS) is 14.6. The third kappa shape index (κ3) is 5.44. The predicted octanol–water partition coefficient (Wildman–Crippen LogP) is 4.76. The van der Waals surface area contributed by atoms with Crippen molar-refractivity contribution in [3.63, 3.8) is 0 Å². The minimum Gasteiger partial charge on any atom is -0.484 e. The van der Waals surface area contributed by atoms with Gasteiger partial charge in [-0.15, -0.1) is 0 Å². The number of carbonyl (C=O) groups excluding carboxylic acids is 1. The van der Waals surface area contributed by atoms with Gasteiger partial charge in [-0.05, 0) is 69.6 Å². The van der Waals surface area contributed by atoms with Crippen LogP contribution >= 0.6 is 0 Å². The van der Waals surface area contributed by atoms with Crippen LogP contribution < -0.4 is 10.1 Å². The molecule has 0 spiro atoms. The summed E-state index contributed by atoms with van der Waals surface area (Å²) < 4.78 is 7.91. The van der Waals surface area contributed by atoms with Crippen molar-refractivity contribution < 1.29 is 9.53 Å². The van der Waals surface area contributed by atoms with Crippen molar-refractivity contribution in [1.29, 1.82) is 0 Å². The second kappa shape index (κ2) is 9.96. The first kappa shape index (κ1) is 21.4. The van der Waals surface area contributed by atoms with Gasteiger partial charge >= 0.3 is 0 Å². The SMILES string of the molecule is CCCn1c(CN2CCCCC2)nc2cc(NC(=O)COc3ccc(C)cc3)ccc21. The van der Waals surface area contributed by atoms with Crippen molar-refractivity contribution in [2.45, 2.75) is 52.6 Å². The van der Waals surface area contributed by atoms with E-state index in [9.17, 15) is 4.79 Å². The molecule has 1 N–H and O–H groups in total. The molecule has 1 fully saturated rings. The third-order valence-electron chi connectivity index (χ3n) is 5.76. The lowest BCUT2D eigenvalue weighted by atomic mass is 10.1. The molecule has 0 saturated carbocycles. The quantitative estimate of drug-likeness (QED) is 0.571. The summed E-state index contributed by atoms with van der Waals surface area (Å²) in [6.07, 6.45) is 4.94. The fourth-order valence-electron chi connectivity index (χ4n) is 4.15. The number of nitrogens with zero attached hydrogens (tertiary/aromatic N) is 3. The van der Waals surface area contributed by atoms with Gasteiger partial charge in [-0.3, -0.25) is 9.69 Å². The zero-order chi connectivity index (χ0) is 21.6. The van der Waals surface area contributed by atoms with Crippen molar-refractivity contribution in [1.82, 2.24) is 14.5 Å². The third-order valence-corrected chi connectivity index (χ3v) is 5.76. The molecule has 6 nitrogen and oxygen atoms in total. The largest absolute Gasteiger partial charge is 0.484 e. The average Bonchev–Trinajstić information content (AvgIpc) is 3.10. The van der Waals surface area contributed by atoms with Crippen molar-refractivity contribution in [3.8, 4) is 5.75 Å². The average molecular weight is 421 g/mol. The number of piperidine rings is 1. The van der Waals surface area contributed by atoms with Gasteiger partial charge < -0.3 is 14.6 Å². The number of fused-ring (bicyclic) bond motifs is 1. The summed E-state index contributed by atoms with van der Waals surface area (Å²) in [6, 6.07) is 13.7. The summed E-state index contributed by atoms with van der Waals surface area (Å²) in [5, 5.41) is 2.93. The summed E-state index contributed by atoms with van der Waals surface area (Å²) in [5.74, 6) is 1.63. The lowest BCUT2D eigenvalue weighted by molar-refractivity contribution is -0.118. The second-order valence-corrected chi connectivity index (χ2v) is 8.37. The first-order valence-corrected chi connectivity index (χ1v) is 11.3. The molecule has 2 aromatic carbocycles. The summed E-state index contributed by atoms with van der Waals surface area (Å²) in [5.41, 5.74) is 3.96. The van der Waals surface area contributed by atoms with E-state index in [-0.39, 0.29) is 12.5 Å². The number of rotatable bonds is 8. The molecule has 6 heteroatoms. The molecule has 0 aliphatic carbocycles. The van der Waals surface area contributed by atoms with Crippen molar-refractivity contribution in [2.24, 2.45) is 0 Å². The molecule has 0 atom stereocenters. The number of nitrogens with one attached hydrogen (secondary N) is 1. The summed E-state index contributed by atoms with van der Waals surface area (Å²) in [4.78, 5) is 19.8. The van der Waals surface area contributed by atoms with Gasteiger partial charge in [0.2, 0.25) is 0 Å². The highest BCUT2D eigenvalue weighted by Gasteiger charge is 2.16. The molecule has 164 valence electrons. The molecule has 31 heavy (non-hydrogen) atoms. The van der Waals surface area contributed by atoms with E-state index in [4.69, 9.17) is 9.72 Å². The Morgan fingerprint density at radius 3 is 2.61 bits per heavy atom. The van der Waals surface area contributed by atoms with Gasteiger partial charge in [-0.2, -0.15) is 0 Å². The summed E-state index contributed by atoms with van der Waals surface area (Å²) >= 11 is 0. The van der Waals surface area contributed by atoms with Crippen LogP contribution in [0, 0.1) is 6.92 Å². The van der Waals surface area contributed by atoms with Crippen LogP contribution in [-0.2, 0) is 17.9 Å². The number of aryl methyl sites for hydroxylation is 2. The lowest BCUT2D eigenvalue weighted by Crippen LogP contribution is -2.30. The standard InChI is InChI=1S/C25H32N4O2/c1-3-13-29-23-12-9-20(26-25(30)18-31-21-10-7-19(2)8-11-21)16-22(23)27-24(29)17-28-14-5-4-6-15-28/h7-12,16H,3-6,13-15,17-18H2,1-2H3,(H,26,30). The Bertz CT molecular complexity index is 1020. The number of likely N-dealkylation sites (tertiary alicyclic amines) is 1. The highest BCUT2D eigenvalue weighted by Crippen LogP contribution is 2.23. The highest BCUT2D eigenvalue weighted by atomic mass is 16.5. The Balaban J connectivity index is 1.44. The van der Waals surface area contributed by atoms with Crippen LogP contribution in [0.25, 0.3) is 11.0 Å². The van der Waals surface area contributed by atoms with Gasteiger partial charge in [0.05, 0.1) is 17.6 Å². The second-order valence-electron chi connectivity index (χ2n) is 8.37. The van der Waals surface area contributed by atoms with Gasteiger partial charge in [0.15, 0.2) is 6.61 Å². The van der Waals surface area contributed by atoms with Crippen LogP contribution in [0.1, 0.15) is 44.0 Å². The van der Waals surface area contributed by atoms with Gasteiger partial charge in [0.25, 0.3) is 5.91 Å². The van der Waals surface area contributed by atoms with Crippen LogP contribution in [0.15, 0.2) is 42.5 Å². The number of carbonyl (C=O) groups is 1. The molecule has 0 unspecified atom stereocenters. The van der Waals surface area contributed by atoms with Crippen molar-refractivity contribution in [3.05, 3.63) is 53.9 Å². The zero-order valence-electron chi connectivity index (χ0n) is 18.6. The summed E-state index contributed by atoms with van der Waals surface area (Å²) in [6.45, 7) is 8.34. The first-order valence-electron chi connectivity index (χ1n) is 11.3. The molecular formula is C25H32N4O2. The van der Waals surface area contributed by atoms with Crippen LogP contribution in [0.2, 0.25) is 0 Å². The zero-order valence-corrected chi connectivity index (χ0v) is 18.6. The molecule has 1 amide bonds. The Morgan fingerprint density at radius 2 is 1.87 bits per heavy atom. The maximum atomic E-state index is 12.4. The number of hydrogen-bond acceptors (Lipinski definition) is 4. The van der Waals surface area contributed by atoms with E-state index >= 15 is 0 Å². The van der Waals surface area contributed by atoms with Crippen LogP contribution in [0.3, 0.4) is 0 Å². The number of ether oxygens (including phenoxy) is 1. The van der Waals surface area contributed by atoms with E-state index in [1.54, 1.807) is 0 Å². The highest BCUT2D eigenvalue weighted by molar-refractivity contribution is 5.94. The van der Waals surface area contributed by atoms with E-state index in [2.05, 4.69) is 27.8 Å². The van der Waals surface area contributed by atoms with Crippen LogP contribution in [0.5, 0.6) is 5.75 Å². The van der Waals surface area contributed by atoms with Gasteiger partial charge in [0.1, 0.15) is 11.6 Å². The maximum absolute atomic E-state index is 12.4. The van der Waals surface area contributed by atoms with Gasteiger partial charge in [0, 0.05) is 12.2 Å². The molecule has 3 aromatic rings. The molecule has 1 aliphatic heterocycles. The molecule has 1 aliphatic rings. The van der Waals surface area contributed by atoms with Crippen LogP contribution in [0.4, 0.5) is 5.69 Å². The fourth-order valence-corrected chi connectivity index (χ4v) is 4.15. The Morgan fingerprint density at radius 1 is 1.10 bits per heavy atom. The van der Waals surface area contributed by atoms with Crippen molar-refractivity contribution in [2.75, 3.05) is 25.0 Å². The minimum atomic E-state index is -0.179. The summed E-state index contributed by atoms with van der Waals surface area (Å²) in [7, 11) is 0. The van der Waals surface area contributed by atoms with Gasteiger partial charge in [-0.1, -0.05) is 31.0 Å². The number of amides is 1. The smallest absolute Gasteiger partial charge is 0.262 e.